The van der Waals surface area contributed by atoms with Gasteiger partial charge in [-0.15, -0.1) is 0 Å². The standard InChI is InChI=1S/C19H24ClNO3/c20-14-5-3-13(4-6-14)19(8-9-19)18(23)21-10-1-2-16(21)15-12-24-11-7-17(15)22/h3-6,15-17,22H,1-2,7-12H2/t15-,16+,17-/m0/s1. The number of benzene rings is 1. The van der Waals surface area contributed by atoms with Gasteiger partial charge in [-0.25, -0.2) is 0 Å². The maximum atomic E-state index is 13.3. The van der Waals surface area contributed by atoms with E-state index < -0.39 is 0 Å². The predicted molar refractivity (Wildman–Crippen MR) is 92.0 cm³/mol. The van der Waals surface area contributed by atoms with Crippen LogP contribution in [-0.2, 0) is 14.9 Å². The molecule has 0 bridgehead atoms. The molecule has 2 aliphatic heterocycles. The van der Waals surface area contributed by atoms with Crippen LogP contribution < -0.4 is 0 Å². The van der Waals surface area contributed by atoms with Gasteiger partial charge in [-0.3, -0.25) is 4.79 Å². The molecule has 0 spiro atoms. The molecular weight excluding hydrogens is 326 g/mol. The zero-order chi connectivity index (χ0) is 16.7. The van der Waals surface area contributed by atoms with E-state index in [9.17, 15) is 9.90 Å². The molecule has 0 aromatic heterocycles. The van der Waals surface area contributed by atoms with Crippen LogP contribution in [0.4, 0.5) is 0 Å². The van der Waals surface area contributed by atoms with Gasteiger partial charge in [0.2, 0.25) is 5.91 Å². The Morgan fingerprint density at radius 2 is 2.00 bits per heavy atom. The Morgan fingerprint density at radius 3 is 2.67 bits per heavy atom. The molecule has 1 N–H and O–H groups in total. The smallest absolute Gasteiger partial charge is 0.233 e. The summed E-state index contributed by atoms with van der Waals surface area (Å²) in [5.74, 6) is 0.274. The summed E-state index contributed by atoms with van der Waals surface area (Å²) < 4.78 is 5.58. The quantitative estimate of drug-likeness (QED) is 0.912. The first-order valence-electron chi connectivity index (χ1n) is 8.95. The fraction of sp³-hybridized carbons (Fsp3) is 0.632. The van der Waals surface area contributed by atoms with Crippen molar-refractivity contribution in [1.29, 1.82) is 0 Å². The third-order valence-electron chi connectivity index (χ3n) is 5.97. The second-order valence-corrected chi connectivity index (χ2v) is 7.83. The Labute approximate surface area is 147 Å². The maximum Gasteiger partial charge on any atom is 0.233 e. The first-order valence-corrected chi connectivity index (χ1v) is 9.32. The van der Waals surface area contributed by atoms with E-state index in [1.165, 1.54) is 0 Å². The van der Waals surface area contributed by atoms with Gasteiger partial charge >= 0.3 is 0 Å². The number of likely N-dealkylation sites (tertiary alicyclic amines) is 1. The Morgan fingerprint density at radius 1 is 1.25 bits per heavy atom. The van der Waals surface area contributed by atoms with Crippen molar-refractivity contribution in [3.05, 3.63) is 34.9 Å². The Kier molecular flexibility index (Phi) is 4.31. The van der Waals surface area contributed by atoms with Crippen molar-refractivity contribution in [1.82, 2.24) is 4.90 Å². The van der Waals surface area contributed by atoms with Gasteiger partial charge in [0, 0.05) is 30.1 Å². The lowest BCUT2D eigenvalue weighted by atomic mass is 9.87. The number of nitrogens with zero attached hydrogens (tertiary/aromatic N) is 1. The van der Waals surface area contributed by atoms with Gasteiger partial charge in [-0.2, -0.15) is 0 Å². The monoisotopic (exact) mass is 349 g/mol. The van der Waals surface area contributed by atoms with E-state index in [0.717, 1.165) is 37.8 Å². The highest BCUT2D eigenvalue weighted by atomic mass is 35.5. The number of rotatable bonds is 3. The lowest BCUT2D eigenvalue weighted by molar-refractivity contribution is -0.139. The van der Waals surface area contributed by atoms with E-state index in [1.807, 2.05) is 29.2 Å². The van der Waals surface area contributed by atoms with Gasteiger partial charge in [0.1, 0.15) is 0 Å². The molecule has 3 fully saturated rings. The largest absolute Gasteiger partial charge is 0.393 e. The first-order chi connectivity index (χ1) is 11.6. The van der Waals surface area contributed by atoms with Crippen LogP contribution in [0.5, 0.6) is 0 Å². The lowest BCUT2D eigenvalue weighted by Crippen LogP contribution is -2.50. The summed E-state index contributed by atoms with van der Waals surface area (Å²) in [5, 5.41) is 11.1. The average Bonchev–Trinajstić information content (AvgIpc) is 3.26. The summed E-state index contributed by atoms with van der Waals surface area (Å²) in [6, 6.07) is 7.81. The van der Waals surface area contributed by atoms with Crippen LogP contribution in [0.1, 0.15) is 37.7 Å². The molecule has 1 aromatic rings. The zero-order valence-electron chi connectivity index (χ0n) is 13.8. The molecule has 1 amide bonds. The number of aliphatic hydroxyl groups excluding tert-OH is 1. The number of halogens is 1. The predicted octanol–water partition coefficient (Wildman–Crippen LogP) is 2.76. The third kappa shape index (κ3) is 2.75. The minimum Gasteiger partial charge on any atom is -0.393 e. The molecule has 1 aromatic carbocycles. The van der Waals surface area contributed by atoms with Crippen molar-refractivity contribution >= 4 is 17.5 Å². The molecule has 2 heterocycles. The van der Waals surface area contributed by atoms with Gasteiger partial charge in [0.05, 0.1) is 18.1 Å². The highest BCUT2D eigenvalue weighted by molar-refractivity contribution is 6.30. The SMILES string of the molecule is O=C(N1CCC[C@@H]1[C@@H]1COCC[C@@H]1O)C1(c2ccc(Cl)cc2)CC1. The number of ether oxygens (including phenoxy) is 1. The molecular formula is C19H24ClNO3. The van der Waals surface area contributed by atoms with Crippen molar-refractivity contribution in [2.45, 2.75) is 49.7 Å². The fourth-order valence-corrected chi connectivity index (χ4v) is 4.53. The Balaban J connectivity index is 1.56. The summed E-state index contributed by atoms with van der Waals surface area (Å²) in [4.78, 5) is 15.4. The number of hydrogen-bond donors (Lipinski definition) is 1. The first kappa shape index (κ1) is 16.4. The molecule has 5 heteroatoms. The molecule has 1 saturated carbocycles. The molecule has 4 rings (SSSR count). The molecule has 3 aliphatic rings. The van der Waals surface area contributed by atoms with E-state index in [0.29, 0.717) is 24.7 Å². The van der Waals surface area contributed by atoms with E-state index >= 15 is 0 Å². The summed E-state index contributed by atoms with van der Waals surface area (Å²) >= 11 is 5.99. The van der Waals surface area contributed by atoms with Crippen molar-refractivity contribution in [2.24, 2.45) is 5.92 Å². The molecule has 130 valence electrons. The van der Waals surface area contributed by atoms with Crippen LogP contribution in [0.15, 0.2) is 24.3 Å². The van der Waals surface area contributed by atoms with Crippen molar-refractivity contribution in [3.63, 3.8) is 0 Å². The molecule has 2 saturated heterocycles. The van der Waals surface area contributed by atoms with Crippen molar-refractivity contribution in [3.8, 4) is 0 Å². The minimum atomic E-state index is -0.367. The van der Waals surface area contributed by atoms with Gasteiger partial charge < -0.3 is 14.7 Å². The van der Waals surface area contributed by atoms with E-state index in [1.54, 1.807) is 0 Å². The molecule has 24 heavy (non-hydrogen) atoms. The number of amides is 1. The van der Waals surface area contributed by atoms with E-state index in [4.69, 9.17) is 16.3 Å². The van der Waals surface area contributed by atoms with Crippen LogP contribution in [-0.4, -0.2) is 47.8 Å². The fourth-order valence-electron chi connectivity index (χ4n) is 4.40. The number of carbonyl (C=O) groups is 1. The molecule has 3 atom stereocenters. The van der Waals surface area contributed by atoms with E-state index in [-0.39, 0.29) is 29.4 Å². The molecule has 1 aliphatic carbocycles. The molecule has 0 unspecified atom stereocenters. The minimum absolute atomic E-state index is 0.0474. The van der Waals surface area contributed by atoms with E-state index in [2.05, 4.69) is 0 Å². The summed E-state index contributed by atoms with van der Waals surface area (Å²) in [6.07, 6.45) is 4.10. The van der Waals surface area contributed by atoms with Crippen molar-refractivity contribution in [2.75, 3.05) is 19.8 Å². The van der Waals surface area contributed by atoms with Crippen LogP contribution in [0.25, 0.3) is 0 Å². The summed E-state index contributed by atoms with van der Waals surface area (Å²) in [7, 11) is 0. The Bertz CT molecular complexity index is 614. The number of aliphatic hydroxyl groups is 1. The number of hydrogen-bond acceptors (Lipinski definition) is 3. The highest BCUT2D eigenvalue weighted by Crippen LogP contribution is 2.51. The number of carbonyl (C=O) groups excluding carboxylic acids is 1. The van der Waals surface area contributed by atoms with Crippen molar-refractivity contribution < 1.29 is 14.6 Å². The second kappa shape index (κ2) is 6.32. The summed E-state index contributed by atoms with van der Waals surface area (Å²) in [6.45, 7) is 1.97. The normalized spacial score (nSPS) is 31.9. The topological polar surface area (TPSA) is 49.8 Å². The van der Waals surface area contributed by atoms with Gasteiger partial charge in [-0.05, 0) is 49.8 Å². The summed E-state index contributed by atoms with van der Waals surface area (Å²) in [5.41, 5.74) is 0.705. The second-order valence-electron chi connectivity index (χ2n) is 7.39. The van der Waals surface area contributed by atoms with Crippen LogP contribution >= 0.6 is 11.6 Å². The lowest BCUT2D eigenvalue weighted by Gasteiger charge is -2.38. The van der Waals surface area contributed by atoms with Gasteiger partial charge in [0.15, 0.2) is 0 Å². The maximum absolute atomic E-state index is 13.3. The molecule has 0 radical (unpaired) electrons. The third-order valence-corrected chi connectivity index (χ3v) is 6.22. The van der Waals surface area contributed by atoms with Crippen LogP contribution in [0.3, 0.4) is 0 Å². The highest BCUT2D eigenvalue weighted by Gasteiger charge is 2.55. The van der Waals surface area contributed by atoms with Gasteiger partial charge in [0.25, 0.3) is 0 Å². The zero-order valence-corrected chi connectivity index (χ0v) is 14.5. The van der Waals surface area contributed by atoms with Gasteiger partial charge in [-0.1, -0.05) is 23.7 Å². The average molecular weight is 350 g/mol. The van der Waals surface area contributed by atoms with Crippen LogP contribution in [0.2, 0.25) is 5.02 Å². The molecule has 4 nitrogen and oxygen atoms in total. The Hall–Kier alpha value is -1.10. The van der Waals surface area contributed by atoms with Crippen LogP contribution in [0, 0.1) is 5.92 Å².